The van der Waals surface area contributed by atoms with Gasteiger partial charge in [0.15, 0.2) is 11.3 Å². The van der Waals surface area contributed by atoms with Gasteiger partial charge in [-0.1, -0.05) is 48.2 Å². The van der Waals surface area contributed by atoms with Crippen molar-refractivity contribution in [2.45, 2.75) is 18.8 Å². The number of para-hydroxylation sites is 1. The zero-order valence-corrected chi connectivity index (χ0v) is 19.9. The summed E-state index contributed by atoms with van der Waals surface area (Å²) in [6.45, 7) is 2.14. The maximum atomic E-state index is 14.1. The van der Waals surface area contributed by atoms with E-state index in [0.717, 1.165) is 0 Å². The predicted molar refractivity (Wildman–Crippen MR) is 133 cm³/mol. The molecule has 0 aromatic heterocycles. The number of nitro benzene ring substituents is 1. The highest BCUT2D eigenvalue weighted by Crippen LogP contribution is 2.37. The van der Waals surface area contributed by atoms with E-state index in [1.165, 1.54) is 41.0 Å². The quantitative estimate of drug-likeness (QED) is 0.407. The van der Waals surface area contributed by atoms with Crippen LogP contribution in [0.2, 0.25) is 0 Å². The molecule has 1 amide bonds. The summed E-state index contributed by atoms with van der Waals surface area (Å²) in [5, 5.41) is 21.8. The van der Waals surface area contributed by atoms with Gasteiger partial charge in [0.2, 0.25) is 0 Å². The highest BCUT2D eigenvalue weighted by atomic mass is 32.2. The highest BCUT2D eigenvalue weighted by Gasteiger charge is 2.36. The smallest absolute Gasteiger partial charge is 0.276 e. The summed E-state index contributed by atoms with van der Waals surface area (Å²) >= 11 is 1.17. The SMILES string of the molecule is CCOc1ccc([N+](=O)[O-])cc1C1N=c2ccccc2=C2C(=O)NC(SCc3ccccc3F)=NN21. The molecule has 0 radical (unpaired) electrons. The monoisotopic (exact) mass is 505 g/mol. The Bertz CT molecular complexity index is 1530. The second kappa shape index (κ2) is 9.78. The number of non-ortho nitro benzene ring substituents is 1. The van der Waals surface area contributed by atoms with Gasteiger partial charge in [0, 0.05) is 28.7 Å². The van der Waals surface area contributed by atoms with Crippen LogP contribution in [0.4, 0.5) is 10.1 Å². The number of carbonyl (C=O) groups excluding carboxylic acids is 1. The van der Waals surface area contributed by atoms with Crippen LogP contribution < -0.4 is 20.6 Å². The van der Waals surface area contributed by atoms with Crippen LogP contribution in [0.5, 0.6) is 5.75 Å². The van der Waals surface area contributed by atoms with Crippen LogP contribution in [-0.2, 0) is 10.5 Å². The van der Waals surface area contributed by atoms with Crippen molar-refractivity contribution in [1.29, 1.82) is 0 Å². The minimum Gasteiger partial charge on any atom is -0.493 e. The molecule has 182 valence electrons. The number of ether oxygens (including phenoxy) is 1. The molecule has 9 nitrogen and oxygen atoms in total. The molecule has 3 aromatic rings. The number of hydrogen-bond donors (Lipinski definition) is 1. The number of amides is 1. The van der Waals surface area contributed by atoms with E-state index in [9.17, 15) is 19.3 Å². The first-order valence-electron chi connectivity index (χ1n) is 11.1. The Morgan fingerprint density at radius 2 is 1.94 bits per heavy atom. The summed E-state index contributed by atoms with van der Waals surface area (Å²) in [6.07, 6.45) is -0.897. The van der Waals surface area contributed by atoms with E-state index in [-0.39, 0.29) is 28.1 Å². The zero-order valence-electron chi connectivity index (χ0n) is 19.1. The number of thioether (sulfide) groups is 1. The minimum absolute atomic E-state index is 0.136. The molecule has 0 saturated carbocycles. The average Bonchev–Trinajstić information content (AvgIpc) is 2.88. The van der Waals surface area contributed by atoms with E-state index in [1.54, 1.807) is 49.4 Å². The molecule has 1 N–H and O–H groups in total. The number of benzene rings is 3. The van der Waals surface area contributed by atoms with Gasteiger partial charge in [0.25, 0.3) is 11.6 Å². The number of nitrogens with zero attached hydrogens (tertiary/aromatic N) is 4. The maximum Gasteiger partial charge on any atom is 0.276 e. The van der Waals surface area contributed by atoms with Crippen LogP contribution in [0.3, 0.4) is 0 Å². The summed E-state index contributed by atoms with van der Waals surface area (Å²) in [4.78, 5) is 29.1. The Kier molecular flexibility index (Phi) is 6.38. The van der Waals surface area contributed by atoms with E-state index < -0.39 is 17.0 Å². The van der Waals surface area contributed by atoms with Crippen molar-refractivity contribution >= 4 is 34.2 Å². The third-order valence-electron chi connectivity index (χ3n) is 5.62. The third kappa shape index (κ3) is 4.40. The maximum absolute atomic E-state index is 14.1. The molecular weight excluding hydrogens is 485 g/mol. The zero-order chi connectivity index (χ0) is 25.2. The second-order valence-electron chi connectivity index (χ2n) is 7.86. The lowest BCUT2D eigenvalue weighted by molar-refractivity contribution is -0.385. The molecule has 0 fully saturated rings. The van der Waals surface area contributed by atoms with Gasteiger partial charge in [-0.05, 0) is 30.7 Å². The fraction of sp³-hybridized carbons (Fsp3) is 0.160. The first kappa shape index (κ1) is 23.5. The summed E-state index contributed by atoms with van der Waals surface area (Å²) in [5.74, 6) is -0.110. The lowest BCUT2D eigenvalue weighted by atomic mass is 10.1. The number of nitrogens with one attached hydrogen (secondary N) is 1. The molecule has 1 atom stereocenters. The van der Waals surface area contributed by atoms with E-state index in [4.69, 9.17) is 9.73 Å². The Morgan fingerprint density at radius 1 is 1.17 bits per heavy atom. The largest absolute Gasteiger partial charge is 0.493 e. The van der Waals surface area contributed by atoms with Crippen molar-refractivity contribution in [2.24, 2.45) is 10.1 Å². The first-order chi connectivity index (χ1) is 17.5. The van der Waals surface area contributed by atoms with Crippen molar-refractivity contribution in [1.82, 2.24) is 10.3 Å². The van der Waals surface area contributed by atoms with Crippen LogP contribution in [-0.4, -0.2) is 27.6 Å². The van der Waals surface area contributed by atoms with Crippen LogP contribution in [0.1, 0.15) is 24.2 Å². The van der Waals surface area contributed by atoms with Crippen LogP contribution in [0, 0.1) is 15.9 Å². The highest BCUT2D eigenvalue weighted by molar-refractivity contribution is 8.13. The van der Waals surface area contributed by atoms with E-state index >= 15 is 0 Å². The predicted octanol–water partition coefficient (Wildman–Crippen LogP) is 3.21. The molecule has 3 aromatic carbocycles. The topological polar surface area (TPSA) is 109 Å². The lowest BCUT2D eigenvalue weighted by Crippen LogP contribution is -2.50. The first-order valence-corrected chi connectivity index (χ1v) is 12.1. The molecular formula is C25H20FN5O4S. The summed E-state index contributed by atoms with van der Waals surface area (Å²) < 4.78 is 19.9. The number of rotatable bonds is 6. The van der Waals surface area contributed by atoms with E-state index in [0.29, 0.717) is 34.1 Å². The Morgan fingerprint density at radius 3 is 2.72 bits per heavy atom. The van der Waals surface area contributed by atoms with Gasteiger partial charge in [-0.3, -0.25) is 25.2 Å². The number of nitro groups is 1. The summed E-state index contributed by atoms with van der Waals surface area (Å²) in [6, 6.07) is 17.8. The van der Waals surface area contributed by atoms with E-state index in [1.807, 2.05) is 0 Å². The van der Waals surface area contributed by atoms with Crippen molar-refractivity contribution in [3.8, 4) is 5.75 Å². The molecule has 1 unspecified atom stereocenters. The number of amidine groups is 1. The number of halogens is 1. The van der Waals surface area contributed by atoms with Gasteiger partial charge in [-0.2, -0.15) is 0 Å². The van der Waals surface area contributed by atoms with Crippen LogP contribution in [0.25, 0.3) is 5.70 Å². The number of fused-ring (bicyclic) bond motifs is 2. The Labute approximate surface area is 209 Å². The molecule has 5 rings (SSSR count). The molecule has 2 aliphatic rings. The van der Waals surface area contributed by atoms with Gasteiger partial charge in [0.05, 0.1) is 16.9 Å². The lowest BCUT2D eigenvalue weighted by Gasteiger charge is -2.34. The Balaban J connectivity index is 1.63. The molecule has 0 spiro atoms. The van der Waals surface area contributed by atoms with Crippen molar-refractivity contribution < 1.29 is 18.8 Å². The normalized spacial score (nSPS) is 16.3. The van der Waals surface area contributed by atoms with Crippen LogP contribution >= 0.6 is 11.8 Å². The van der Waals surface area contributed by atoms with Crippen molar-refractivity contribution in [2.75, 3.05) is 6.61 Å². The number of hydrazone groups is 1. The molecule has 11 heteroatoms. The number of carbonyl (C=O) groups is 1. The van der Waals surface area contributed by atoms with Crippen LogP contribution in [0.15, 0.2) is 76.8 Å². The van der Waals surface area contributed by atoms with Gasteiger partial charge >= 0.3 is 0 Å². The third-order valence-corrected chi connectivity index (χ3v) is 6.53. The summed E-state index contributed by atoms with van der Waals surface area (Å²) in [5.41, 5.74) is 0.991. The van der Waals surface area contributed by atoms with Crippen molar-refractivity contribution in [3.63, 3.8) is 0 Å². The average molecular weight is 506 g/mol. The van der Waals surface area contributed by atoms with Gasteiger partial charge < -0.3 is 4.74 Å². The minimum atomic E-state index is -0.897. The fourth-order valence-corrected chi connectivity index (χ4v) is 4.83. The van der Waals surface area contributed by atoms with Gasteiger partial charge in [-0.25, -0.2) is 9.40 Å². The summed E-state index contributed by atoms with van der Waals surface area (Å²) in [7, 11) is 0. The number of hydrogen-bond acceptors (Lipinski definition) is 8. The molecule has 0 bridgehead atoms. The molecule has 36 heavy (non-hydrogen) atoms. The molecule has 2 heterocycles. The Hall–Kier alpha value is -4.25. The second-order valence-corrected chi connectivity index (χ2v) is 8.83. The molecule has 2 aliphatic heterocycles. The van der Waals surface area contributed by atoms with Gasteiger partial charge in [-0.15, -0.1) is 5.10 Å². The van der Waals surface area contributed by atoms with E-state index in [2.05, 4.69) is 10.4 Å². The van der Waals surface area contributed by atoms with Gasteiger partial charge in [0.1, 0.15) is 17.3 Å². The molecule has 0 saturated heterocycles. The van der Waals surface area contributed by atoms with Crippen molar-refractivity contribution in [3.05, 3.63) is 104 Å². The molecule has 0 aliphatic carbocycles. The fourth-order valence-electron chi connectivity index (χ4n) is 3.99. The standard InChI is InChI=1S/C25H20FN5O4S/c1-2-35-21-12-11-16(31(33)34)13-18(21)23-27-20-10-6-4-8-17(20)22-24(32)28-25(29-30(22)23)36-14-15-7-3-5-9-19(15)26/h3-13,23H,2,14H2,1H3,(H,28,29,32).